The summed E-state index contributed by atoms with van der Waals surface area (Å²) in [5.41, 5.74) is 0. The van der Waals surface area contributed by atoms with Crippen LogP contribution >= 0.6 is 22.9 Å². The van der Waals surface area contributed by atoms with E-state index >= 15 is 0 Å². The molecule has 1 aliphatic rings. The van der Waals surface area contributed by atoms with Crippen molar-refractivity contribution >= 4 is 28.0 Å². The molecule has 2 aromatic rings. The zero-order valence-corrected chi connectivity index (χ0v) is 14.6. The molecule has 0 saturated carbocycles. The zero-order valence-electron chi connectivity index (χ0n) is 12.9. The summed E-state index contributed by atoms with van der Waals surface area (Å²) in [6.07, 6.45) is 2.67. The van der Waals surface area contributed by atoms with Crippen LogP contribution in [0.25, 0.3) is 0 Å². The number of rotatable bonds is 6. The number of hydrogen-bond donors (Lipinski definition) is 0. The molecular weight excluding hydrogens is 318 g/mol. The molecule has 8 heteroatoms. The van der Waals surface area contributed by atoms with Gasteiger partial charge in [-0.3, -0.25) is 4.90 Å². The Bertz CT molecular complexity index is 566. The first-order chi connectivity index (χ1) is 10.8. The molecule has 3 heterocycles. The average molecular weight is 339 g/mol. The van der Waals surface area contributed by atoms with E-state index in [2.05, 4.69) is 31.1 Å². The van der Waals surface area contributed by atoms with E-state index in [9.17, 15) is 0 Å². The van der Waals surface area contributed by atoms with Crippen molar-refractivity contribution in [1.29, 1.82) is 0 Å². The molecule has 0 radical (unpaired) electrons. The van der Waals surface area contributed by atoms with E-state index in [-0.39, 0.29) is 0 Å². The van der Waals surface area contributed by atoms with Crippen LogP contribution in [0.1, 0.15) is 23.8 Å². The average Bonchev–Trinajstić information content (AvgIpc) is 3.24. The summed E-state index contributed by atoms with van der Waals surface area (Å²) in [5, 5.41) is 4.28. The smallest absolute Gasteiger partial charge is 0.205 e. The fourth-order valence-corrected chi connectivity index (χ4v) is 4.06. The molecule has 22 heavy (non-hydrogen) atoms. The molecule has 1 unspecified atom stereocenters. The van der Waals surface area contributed by atoms with Crippen LogP contribution in [-0.4, -0.2) is 59.1 Å². The Kier molecular flexibility index (Phi) is 5.35. The number of aromatic nitrogens is 3. The zero-order chi connectivity index (χ0) is 15.4. The van der Waals surface area contributed by atoms with Crippen molar-refractivity contribution in [2.24, 2.45) is 0 Å². The number of ether oxygens (including phenoxy) is 1. The van der Waals surface area contributed by atoms with Crippen molar-refractivity contribution in [1.82, 2.24) is 19.2 Å². The SMILES string of the molecule is COCCc1nsc(N2CCN(C(C)c3nccs3)CC2)n1. The molecule has 1 fully saturated rings. The minimum atomic E-state index is 0.397. The summed E-state index contributed by atoms with van der Waals surface area (Å²) in [5.74, 6) is 0.889. The van der Waals surface area contributed by atoms with Crippen LogP contribution in [0.15, 0.2) is 11.6 Å². The van der Waals surface area contributed by atoms with Gasteiger partial charge < -0.3 is 9.64 Å². The molecule has 0 amide bonds. The van der Waals surface area contributed by atoms with E-state index < -0.39 is 0 Å². The van der Waals surface area contributed by atoms with Crippen LogP contribution < -0.4 is 4.90 Å². The Balaban J connectivity index is 1.54. The molecule has 1 atom stereocenters. The van der Waals surface area contributed by atoms with Gasteiger partial charge in [0.1, 0.15) is 10.8 Å². The number of hydrogen-bond acceptors (Lipinski definition) is 8. The molecule has 1 aliphatic heterocycles. The van der Waals surface area contributed by atoms with Crippen molar-refractivity contribution < 1.29 is 4.74 Å². The Morgan fingerprint density at radius 3 is 2.82 bits per heavy atom. The third kappa shape index (κ3) is 3.62. The predicted molar refractivity (Wildman–Crippen MR) is 89.8 cm³/mol. The summed E-state index contributed by atoms with van der Waals surface area (Å²) in [6, 6.07) is 0.397. The second kappa shape index (κ2) is 7.45. The van der Waals surface area contributed by atoms with Crippen LogP contribution in [0.3, 0.4) is 0 Å². The third-order valence-corrected chi connectivity index (χ3v) is 5.69. The van der Waals surface area contributed by atoms with E-state index in [1.54, 1.807) is 18.4 Å². The van der Waals surface area contributed by atoms with Gasteiger partial charge in [-0.15, -0.1) is 11.3 Å². The first-order valence-corrected chi connectivity index (χ1v) is 9.13. The van der Waals surface area contributed by atoms with E-state index in [0.29, 0.717) is 12.6 Å². The Labute approximate surface area is 138 Å². The maximum absolute atomic E-state index is 5.08. The van der Waals surface area contributed by atoms with Gasteiger partial charge in [-0.25, -0.2) is 9.97 Å². The topological polar surface area (TPSA) is 54.4 Å². The highest BCUT2D eigenvalue weighted by molar-refractivity contribution is 7.09. The lowest BCUT2D eigenvalue weighted by Gasteiger charge is -2.37. The number of methoxy groups -OCH3 is 1. The monoisotopic (exact) mass is 339 g/mol. The van der Waals surface area contributed by atoms with Gasteiger partial charge in [0.2, 0.25) is 5.13 Å². The first-order valence-electron chi connectivity index (χ1n) is 7.48. The maximum Gasteiger partial charge on any atom is 0.205 e. The second-order valence-electron chi connectivity index (χ2n) is 5.31. The number of piperazine rings is 1. The molecule has 0 aromatic carbocycles. The highest BCUT2D eigenvalue weighted by Gasteiger charge is 2.24. The lowest BCUT2D eigenvalue weighted by molar-refractivity contribution is 0.198. The van der Waals surface area contributed by atoms with Gasteiger partial charge in [0.15, 0.2) is 0 Å². The maximum atomic E-state index is 5.08. The van der Waals surface area contributed by atoms with Gasteiger partial charge in [0.25, 0.3) is 0 Å². The largest absolute Gasteiger partial charge is 0.384 e. The lowest BCUT2D eigenvalue weighted by Crippen LogP contribution is -2.47. The van der Waals surface area contributed by atoms with Gasteiger partial charge in [-0.1, -0.05) is 0 Å². The van der Waals surface area contributed by atoms with Crippen LogP contribution in [0.2, 0.25) is 0 Å². The van der Waals surface area contributed by atoms with Crippen molar-refractivity contribution in [2.75, 3.05) is 44.8 Å². The highest BCUT2D eigenvalue weighted by Crippen LogP contribution is 2.25. The van der Waals surface area contributed by atoms with Crippen molar-refractivity contribution in [3.05, 3.63) is 22.4 Å². The van der Waals surface area contributed by atoms with Crippen LogP contribution in [0, 0.1) is 0 Å². The Morgan fingerprint density at radius 1 is 1.32 bits per heavy atom. The highest BCUT2D eigenvalue weighted by atomic mass is 32.1. The quantitative estimate of drug-likeness (QED) is 0.803. The summed E-state index contributed by atoms with van der Waals surface area (Å²) >= 11 is 3.23. The normalized spacial score (nSPS) is 17.8. The molecule has 0 bridgehead atoms. The first kappa shape index (κ1) is 15.8. The summed E-state index contributed by atoms with van der Waals surface area (Å²) in [6.45, 7) is 6.97. The van der Waals surface area contributed by atoms with Gasteiger partial charge >= 0.3 is 0 Å². The fraction of sp³-hybridized carbons (Fsp3) is 0.643. The van der Waals surface area contributed by atoms with Crippen molar-refractivity contribution in [2.45, 2.75) is 19.4 Å². The molecule has 0 aliphatic carbocycles. The lowest BCUT2D eigenvalue weighted by atomic mass is 10.2. The summed E-state index contributed by atoms with van der Waals surface area (Å²) in [4.78, 5) is 13.9. The standard InChI is InChI=1S/C14H21N5OS2/c1-11(13-15-4-10-21-13)18-5-7-19(8-6-18)14-16-12(17-22-14)3-9-20-2/h4,10-11H,3,5-9H2,1-2H3. The summed E-state index contributed by atoms with van der Waals surface area (Å²) < 4.78 is 9.49. The Hall–Kier alpha value is -1.09. The molecule has 120 valence electrons. The van der Waals surface area contributed by atoms with E-state index in [0.717, 1.165) is 43.6 Å². The molecular formula is C14H21N5OS2. The third-order valence-electron chi connectivity index (χ3n) is 3.93. The van der Waals surface area contributed by atoms with E-state index in [4.69, 9.17) is 4.74 Å². The summed E-state index contributed by atoms with van der Waals surface area (Å²) in [7, 11) is 1.70. The van der Waals surface area contributed by atoms with Crippen LogP contribution in [0.4, 0.5) is 5.13 Å². The molecule has 1 saturated heterocycles. The molecule has 0 spiro atoms. The fourth-order valence-electron chi connectivity index (χ4n) is 2.57. The number of anilines is 1. The van der Waals surface area contributed by atoms with E-state index in [1.165, 1.54) is 16.5 Å². The van der Waals surface area contributed by atoms with Crippen molar-refractivity contribution in [3.63, 3.8) is 0 Å². The van der Waals surface area contributed by atoms with Gasteiger partial charge in [0, 0.05) is 62.8 Å². The van der Waals surface area contributed by atoms with Gasteiger partial charge in [-0.05, 0) is 6.92 Å². The minimum absolute atomic E-state index is 0.397. The Morgan fingerprint density at radius 2 is 2.14 bits per heavy atom. The van der Waals surface area contributed by atoms with Crippen LogP contribution in [-0.2, 0) is 11.2 Å². The minimum Gasteiger partial charge on any atom is -0.384 e. The molecule has 6 nitrogen and oxygen atoms in total. The second-order valence-corrected chi connectivity index (χ2v) is 6.96. The number of nitrogens with zero attached hydrogens (tertiary/aromatic N) is 5. The molecule has 2 aromatic heterocycles. The van der Waals surface area contributed by atoms with E-state index in [1.807, 2.05) is 11.6 Å². The molecule has 0 N–H and O–H groups in total. The van der Waals surface area contributed by atoms with Crippen molar-refractivity contribution in [3.8, 4) is 0 Å². The van der Waals surface area contributed by atoms with Crippen LogP contribution in [0.5, 0.6) is 0 Å². The molecule has 3 rings (SSSR count). The van der Waals surface area contributed by atoms with Gasteiger partial charge in [0.05, 0.1) is 12.6 Å². The van der Waals surface area contributed by atoms with Gasteiger partial charge in [-0.2, -0.15) is 4.37 Å². The predicted octanol–water partition coefficient (Wildman–Crippen LogP) is 2.07. The number of thiazole rings is 1.